The average Bonchev–Trinajstić information content (AvgIpc) is 3.17. The molecule has 0 saturated carbocycles. The Morgan fingerprint density at radius 2 is 0.918 bits per heavy atom. The predicted molar refractivity (Wildman–Crippen MR) is 325 cm³/mol. The third kappa shape index (κ3) is 19.0. The number of amides is 1. The van der Waals surface area contributed by atoms with Crippen LogP contribution in [0, 0.1) is 63.9 Å². The molecular formula is C59H47Br4FN4O17. The number of halogens is 5. The Bertz CT molecular complexity index is 3740. The number of carbonyl (C=O) groups is 4. The highest BCUT2D eigenvalue weighted by Crippen LogP contribution is 2.39. The van der Waals surface area contributed by atoms with E-state index < -0.39 is 50.6 Å². The van der Waals surface area contributed by atoms with Crippen molar-refractivity contribution in [2.45, 2.75) is 27.7 Å². The molecule has 0 bridgehead atoms. The maximum atomic E-state index is 12.6. The molecule has 0 spiro atoms. The van der Waals surface area contributed by atoms with Crippen LogP contribution in [-0.2, 0) is 9.47 Å². The molecule has 1 aliphatic rings. The highest BCUT2D eigenvalue weighted by molar-refractivity contribution is 9.11. The van der Waals surface area contributed by atoms with Gasteiger partial charge in [-0.2, -0.15) is 4.39 Å². The average molecular weight is 1420 g/mol. The fourth-order valence-corrected chi connectivity index (χ4v) is 8.60. The summed E-state index contributed by atoms with van der Waals surface area (Å²) in [6.45, 7) is 6.55. The lowest BCUT2D eigenvalue weighted by atomic mass is 10.1. The second kappa shape index (κ2) is 31.1. The molecule has 26 heteroatoms. The Balaban J connectivity index is 0.000000199. The highest BCUT2D eigenvalue weighted by atomic mass is 79.9. The zero-order valence-corrected chi connectivity index (χ0v) is 51.7. The van der Waals surface area contributed by atoms with E-state index in [2.05, 4.69) is 69.0 Å². The first-order valence-corrected chi connectivity index (χ1v) is 27.4. The topological polar surface area (TPSA) is 296 Å². The molecule has 3 N–H and O–H groups in total. The van der Waals surface area contributed by atoms with Gasteiger partial charge in [0.05, 0.1) is 45.8 Å². The lowest BCUT2D eigenvalue weighted by molar-refractivity contribution is -0.387. The number of nitro groups is 3. The van der Waals surface area contributed by atoms with E-state index >= 15 is 0 Å². The van der Waals surface area contributed by atoms with Gasteiger partial charge in [-0.05, 0) is 153 Å². The smallest absolute Gasteiger partial charge is 0.341 e. The number of nitrogens with zero attached hydrogens (tertiary/aromatic N) is 3. The fourth-order valence-electron chi connectivity index (χ4n) is 7.16. The summed E-state index contributed by atoms with van der Waals surface area (Å²) in [4.78, 5) is 77.2. The van der Waals surface area contributed by atoms with Gasteiger partial charge in [-0.3, -0.25) is 39.9 Å². The van der Waals surface area contributed by atoms with Crippen LogP contribution >= 0.6 is 63.7 Å². The lowest BCUT2D eigenvalue weighted by Gasteiger charge is -2.11. The minimum absolute atomic E-state index is 0.0584. The van der Waals surface area contributed by atoms with Crippen molar-refractivity contribution in [1.29, 1.82) is 0 Å². The molecule has 0 fully saturated rings. The van der Waals surface area contributed by atoms with Gasteiger partial charge in [-0.1, -0.05) is 88.0 Å². The van der Waals surface area contributed by atoms with Gasteiger partial charge in [0, 0.05) is 36.1 Å². The van der Waals surface area contributed by atoms with Gasteiger partial charge in [0.15, 0.2) is 11.5 Å². The number of hydrogen-bond acceptors (Lipinski definition) is 17. The number of hydrogen-bond donors (Lipinski definition) is 3. The van der Waals surface area contributed by atoms with Crippen LogP contribution < -0.4 is 19.5 Å². The van der Waals surface area contributed by atoms with Crippen molar-refractivity contribution < 1.29 is 72.2 Å². The summed E-state index contributed by atoms with van der Waals surface area (Å²) in [5.41, 5.74) is 4.13. The van der Waals surface area contributed by atoms with E-state index in [0.29, 0.717) is 41.7 Å². The number of ketones is 1. The maximum absolute atomic E-state index is 12.6. The number of carbonyl (C=O) groups excluding carboxylic acids is 4. The number of Topliss-reactive ketones (excluding diaryl/α,β-unsaturated/α-hetero) is 1. The van der Waals surface area contributed by atoms with Crippen LogP contribution in [-0.4, -0.2) is 69.4 Å². The Hall–Kier alpha value is -8.95. The van der Waals surface area contributed by atoms with Crippen molar-refractivity contribution in [3.63, 3.8) is 0 Å². The van der Waals surface area contributed by atoms with Crippen LogP contribution in [0.15, 0.2) is 163 Å². The molecule has 1 heterocycles. The van der Waals surface area contributed by atoms with Crippen LogP contribution in [0.4, 0.5) is 27.1 Å². The second-order valence-electron chi connectivity index (χ2n) is 17.6. The summed E-state index contributed by atoms with van der Waals surface area (Å²) < 4.78 is 41.8. The summed E-state index contributed by atoms with van der Waals surface area (Å²) in [5, 5.41) is 53.0. The van der Waals surface area contributed by atoms with Crippen molar-refractivity contribution in [3.05, 3.63) is 244 Å². The summed E-state index contributed by atoms with van der Waals surface area (Å²) in [6.07, 6.45) is 0. The number of fused-ring (bicyclic) bond motifs is 2. The number of anilines is 1. The summed E-state index contributed by atoms with van der Waals surface area (Å²) >= 11 is 13.0. The first kappa shape index (κ1) is 66.8. The van der Waals surface area contributed by atoms with E-state index in [9.17, 15) is 59.0 Å². The number of ether oxygens (including phenoxy) is 5. The number of aromatic hydroxyl groups is 1. The van der Waals surface area contributed by atoms with E-state index in [1.54, 1.807) is 75.4 Å². The molecule has 0 aliphatic carbocycles. The predicted octanol–water partition coefficient (Wildman–Crippen LogP) is 16.0. The third-order valence-corrected chi connectivity index (χ3v) is 13.2. The van der Waals surface area contributed by atoms with E-state index in [-0.39, 0.29) is 62.7 Å². The van der Waals surface area contributed by atoms with Crippen molar-refractivity contribution in [2.24, 2.45) is 0 Å². The highest BCUT2D eigenvalue weighted by Gasteiger charge is 2.24. The number of phenolic OH excluding ortho intramolecular Hbond substituents is 1. The SMILES string of the molecule is COC(=O)c1cc(Br)ccc1Oc1ccc(C)cc1[N+](=O)[O-].COC(=O)c1cc(Br)ccc1Oc1ccc(C)cc1[N+](=O)[O-].Cc1ccc(F)c([N+](=O)[O-])c1.Cc1ccc2c(c1)NC(=O)c1cc(Br)ccc1O2.O=C(CO)c1cc(Br)ccc1O. The molecule has 85 heavy (non-hydrogen) atoms. The monoisotopic (exact) mass is 1420 g/mol. The minimum atomic E-state index is -0.791. The quantitative estimate of drug-likeness (QED) is 0.0469. The van der Waals surface area contributed by atoms with Crippen LogP contribution in [0.5, 0.6) is 40.2 Å². The summed E-state index contributed by atoms with van der Waals surface area (Å²) in [5.74, 6) is -1.03. The van der Waals surface area contributed by atoms with Crippen LogP contribution in [0.3, 0.4) is 0 Å². The minimum Gasteiger partial charge on any atom is -0.507 e. The third-order valence-electron chi connectivity index (χ3n) is 11.2. The number of methoxy groups -OCH3 is 2. The maximum Gasteiger partial charge on any atom is 0.341 e. The van der Waals surface area contributed by atoms with E-state index in [0.717, 1.165) is 27.2 Å². The van der Waals surface area contributed by atoms with Crippen molar-refractivity contribution in [1.82, 2.24) is 0 Å². The lowest BCUT2D eigenvalue weighted by Crippen LogP contribution is -2.10. The summed E-state index contributed by atoms with van der Waals surface area (Å²) in [6, 6.07) is 38.0. The number of phenols is 1. The molecule has 21 nitrogen and oxygen atoms in total. The zero-order valence-electron chi connectivity index (χ0n) is 45.3. The van der Waals surface area contributed by atoms with Crippen LogP contribution in [0.25, 0.3) is 0 Å². The van der Waals surface area contributed by atoms with Gasteiger partial charge in [0.1, 0.15) is 40.7 Å². The number of esters is 2. The van der Waals surface area contributed by atoms with E-state index in [1.807, 2.05) is 31.2 Å². The van der Waals surface area contributed by atoms with Crippen molar-refractivity contribution in [2.75, 3.05) is 26.1 Å². The molecule has 8 aromatic rings. The molecule has 1 aliphatic heterocycles. The van der Waals surface area contributed by atoms with Crippen LogP contribution in [0.1, 0.15) is 63.7 Å². The standard InChI is InChI=1S/2C15H12BrNO5.C14H10BrNO2.C8H7BrO3.C7H6FNO2/c2*1-9-3-5-14(12(7-9)17(19)20)22-13-6-4-10(16)8-11(13)15(18)21-2;1-8-2-4-13-11(6-8)16-14(17)10-7-9(15)3-5-12(10)18-13;9-5-1-2-7(11)6(3-5)8(12)4-10;1-5-2-3-6(8)7(4-5)9(10)11/h2*3-8H,1-2H3;2-7H,1H3,(H,16,17);1-3,10-11H,4H2;2-4H,1H3. The number of nitrogens with one attached hydrogen (secondary N) is 1. The van der Waals surface area contributed by atoms with Crippen LogP contribution in [0.2, 0.25) is 0 Å². The molecule has 0 aromatic heterocycles. The largest absolute Gasteiger partial charge is 0.507 e. The van der Waals surface area contributed by atoms with E-state index in [1.165, 1.54) is 74.9 Å². The van der Waals surface area contributed by atoms with Gasteiger partial charge in [0.2, 0.25) is 17.3 Å². The molecule has 440 valence electrons. The number of aliphatic hydroxyl groups is 1. The van der Waals surface area contributed by atoms with Crippen molar-refractivity contribution in [3.8, 4) is 40.2 Å². The number of nitro benzene ring substituents is 3. The first-order chi connectivity index (χ1) is 40.2. The van der Waals surface area contributed by atoms with Gasteiger partial charge < -0.3 is 39.2 Å². The molecule has 0 atom stereocenters. The molecule has 0 radical (unpaired) electrons. The number of rotatable bonds is 11. The van der Waals surface area contributed by atoms with Gasteiger partial charge >= 0.3 is 29.0 Å². The molecule has 0 saturated heterocycles. The van der Waals surface area contributed by atoms with Gasteiger partial charge in [0.25, 0.3) is 5.91 Å². The van der Waals surface area contributed by atoms with Gasteiger partial charge in [-0.15, -0.1) is 0 Å². The second-order valence-corrected chi connectivity index (χ2v) is 21.2. The Kier molecular flexibility index (Phi) is 24.5. The van der Waals surface area contributed by atoms with E-state index in [4.69, 9.17) is 28.8 Å². The molecule has 0 unspecified atom stereocenters. The Labute approximate surface area is 517 Å². The van der Waals surface area contributed by atoms with Gasteiger partial charge in [-0.25, -0.2) is 9.59 Å². The number of aryl methyl sites for hydroxylation is 4. The molecule has 9 rings (SSSR count). The Morgan fingerprint density at radius 1 is 0.529 bits per heavy atom. The normalized spacial score (nSPS) is 10.6. The molecule has 1 amide bonds. The Morgan fingerprint density at radius 3 is 1.38 bits per heavy atom. The van der Waals surface area contributed by atoms with Crippen molar-refractivity contribution >= 4 is 110 Å². The first-order valence-electron chi connectivity index (χ1n) is 24.3. The summed E-state index contributed by atoms with van der Waals surface area (Å²) in [7, 11) is 2.50. The fraction of sp³-hybridized carbons (Fsp3) is 0.119. The molecule has 8 aromatic carbocycles. The number of aliphatic hydroxyl groups excluding tert-OH is 1. The molecular weight excluding hydrogens is 1380 g/mol. The number of benzene rings is 8. The zero-order chi connectivity index (χ0) is 62.8.